The highest BCUT2D eigenvalue weighted by atomic mass is 16.5. The lowest BCUT2D eigenvalue weighted by atomic mass is 9.88. The number of amides is 1. The van der Waals surface area contributed by atoms with Gasteiger partial charge in [0, 0.05) is 25.8 Å². The van der Waals surface area contributed by atoms with Gasteiger partial charge in [0.1, 0.15) is 11.2 Å². The minimum atomic E-state index is -1.01. The number of nitrogens with zero attached hydrogens (tertiary/aromatic N) is 1. The first kappa shape index (κ1) is 18.3. The van der Waals surface area contributed by atoms with Crippen molar-refractivity contribution in [1.29, 1.82) is 0 Å². The Balaban J connectivity index is 2.03. The summed E-state index contributed by atoms with van der Waals surface area (Å²) >= 11 is 0. The monoisotopic (exact) mass is 335 g/mol. The minimum absolute atomic E-state index is 0.105. The molecule has 0 radical (unpaired) electrons. The SMILES string of the molecule is COCC1(C(=O)O)CCN(C(=O)c2ccc(OCC(C)C)cc2)C1. The molecular weight excluding hydrogens is 310 g/mol. The molecule has 1 aromatic rings. The lowest BCUT2D eigenvalue weighted by Crippen LogP contribution is -2.40. The summed E-state index contributed by atoms with van der Waals surface area (Å²) in [6.07, 6.45) is 0.400. The van der Waals surface area contributed by atoms with Gasteiger partial charge >= 0.3 is 5.97 Å². The maximum atomic E-state index is 12.6. The van der Waals surface area contributed by atoms with Gasteiger partial charge in [-0.3, -0.25) is 9.59 Å². The Bertz CT molecular complexity index is 584. The van der Waals surface area contributed by atoms with Gasteiger partial charge in [-0.25, -0.2) is 0 Å². The topological polar surface area (TPSA) is 76.1 Å². The van der Waals surface area contributed by atoms with Crippen LogP contribution in [-0.2, 0) is 9.53 Å². The summed E-state index contributed by atoms with van der Waals surface area (Å²) in [6, 6.07) is 6.97. The zero-order chi connectivity index (χ0) is 17.7. The van der Waals surface area contributed by atoms with Crippen LogP contribution in [0.5, 0.6) is 5.75 Å². The molecule has 0 spiro atoms. The van der Waals surface area contributed by atoms with Crippen LogP contribution in [0.4, 0.5) is 0 Å². The zero-order valence-electron chi connectivity index (χ0n) is 14.4. The highest BCUT2D eigenvalue weighted by Crippen LogP contribution is 2.32. The molecule has 0 aromatic heterocycles. The second-order valence-electron chi connectivity index (χ2n) is 6.72. The number of carboxylic acid groups (broad SMARTS) is 1. The van der Waals surface area contributed by atoms with Crippen LogP contribution in [0.3, 0.4) is 0 Å². The van der Waals surface area contributed by atoms with Crippen molar-refractivity contribution in [2.45, 2.75) is 20.3 Å². The van der Waals surface area contributed by atoms with Gasteiger partial charge in [0.2, 0.25) is 0 Å². The van der Waals surface area contributed by atoms with Crippen molar-refractivity contribution in [2.24, 2.45) is 11.3 Å². The number of carbonyl (C=O) groups is 2. The Hall–Kier alpha value is -2.08. The molecule has 1 N–H and O–H groups in total. The van der Waals surface area contributed by atoms with E-state index in [9.17, 15) is 14.7 Å². The summed E-state index contributed by atoms with van der Waals surface area (Å²) in [6.45, 7) is 5.45. The first-order valence-corrected chi connectivity index (χ1v) is 8.12. The van der Waals surface area contributed by atoms with E-state index >= 15 is 0 Å². The van der Waals surface area contributed by atoms with Crippen LogP contribution in [0.1, 0.15) is 30.6 Å². The van der Waals surface area contributed by atoms with Crippen molar-refractivity contribution in [3.8, 4) is 5.75 Å². The summed E-state index contributed by atoms with van der Waals surface area (Å²) in [5.74, 6) is 0.0727. The summed E-state index contributed by atoms with van der Waals surface area (Å²) < 4.78 is 10.7. The molecule has 1 heterocycles. The molecule has 1 aliphatic rings. The van der Waals surface area contributed by atoms with Crippen LogP contribution < -0.4 is 4.74 Å². The maximum Gasteiger partial charge on any atom is 0.313 e. The molecule has 6 heteroatoms. The number of likely N-dealkylation sites (tertiary alicyclic amines) is 1. The number of ether oxygens (including phenoxy) is 2. The molecule has 1 amide bonds. The van der Waals surface area contributed by atoms with E-state index in [0.717, 1.165) is 5.75 Å². The van der Waals surface area contributed by atoms with E-state index in [-0.39, 0.29) is 19.1 Å². The van der Waals surface area contributed by atoms with E-state index in [0.29, 0.717) is 31.1 Å². The van der Waals surface area contributed by atoms with E-state index in [4.69, 9.17) is 9.47 Å². The molecule has 1 atom stereocenters. The molecule has 1 unspecified atom stereocenters. The van der Waals surface area contributed by atoms with Crippen molar-refractivity contribution in [2.75, 3.05) is 33.4 Å². The maximum absolute atomic E-state index is 12.6. The van der Waals surface area contributed by atoms with Crippen molar-refractivity contribution < 1.29 is 24.2 Å². The second-order valence-corrected chi connectivity index (χ2v) is 6.72. The zero-order valence-corrected chi connectivity index (χ0v) is 14.4. The van der Waals surface area contributed by atoms with Gasteiger partial charge in [0.15, 0.2) is 0 Å². The summed E-state index contributed by atoms with van der Waals surface area (Å²) in [4.78, 5) is 25.7. The average molecular weight is 335 g/mol. The van der Waals surface area contributed by atoms with Gasteiger partial charge in [-0.1, -0.05) is 13.8 Å². The molecule has 2 rings (SSSR count). The highest BCUT2D eigenvalue weighted by Gasteiger charge is 2.46. The Kier molecular flexibility index (Phi) is 5.83. The lowest BCUT2D eigenvalue weighted by molar-refractivity contribution is -0.151. The fourth-order valence-electron chi connectivity index (χ4n) is 2.82. The van der Waals surface area contributed by atoms with E-state index in [1.807, 2.05) is 0 Å². The molecule has 1 aliphatic heterocycles. The van der Waals surface area contributed by atoms with Gasteiger partial charge in [-0.15, -0.1) is 0 Å². The van der Waals surface area contributed by atoms with E-state index in [1.54, 1.807) is 29.2 Å². The molecule has 24 heavy (non-hydrogen) atoms. The van der Waals surface area contributed by atoms with Gasteiger partial charge in [-0.05, 0) is 36.6 Å². The van der Waals surface area contributed by atoms with Crippen LogP contribution in [0, 0.1) is 11.3 Å². The number of benzene rings is 1. The highest BCUT2D eigenvalue weighted by molar-refractivity contribution is 5.95. The third-order valence-corrected chi connectivity index (χ3v) is 4.20. The first-order valence-electron chi connectivity index (χ1n) is 8.12. The second kappa shape index (κ2) is 7.66. The van der Waals surface area contributed by atoms with Crippen LogP contribution in [0.15, 0.2) is 24.3 Å². The number of aliphatic carboxylic acids is 1. The van der Waals surface area contributed by atoms with Crippen molar-refractivity contribution in [3.63, 3.8) is 0 Å². The molecule has 0 bridgehead atoms. The number of hydrogen-bond acceptors (Lipinski definition) is 4. The predicted molar refractivity (Wildman–Crippen MR) is 89.2 cm³/mol. The van der Waals surface area contributed by atoms with Gasteiger partial charge in [0.05, 0.1) is 13.2 Å². The van der Waals surface area contributed by atoms with Crippen molar-refractivity contribution >= 4 is 11.9 Å². The molecular formula is C18H25NO5. The molecule has 0 saturated carbocycles. The van der Waals surface area contributed by atoms with E-state index in [1.165, 1.54) is 7.11 Å². The van der Waals surface area contributed by atoms with E-state index in [2.05, 4.69) is 13.8 Å². The van der Waals surface area contributed by atoms with Crippen molar-refractivity contribution in [3.05, 3.63) is 29.8 Å². The van der Waals surface area contributed by atoms with Gasteiger partial charge < -0.3 is 19.5 Å². The van der Waals surface area contributed by atoms with Crippen molar-refractivity contribution in [1.82, 2.24) is 4.90 Å². The van der Waals surface area contributed by atoms with Crippen LogP contribution in [0.25, 0.3) is 0 Å². The largest absolute Gasteiger partial charge is 0.493 e. The number of carbonyl (C=O) groups excluding carboxylic acids is 1. The van der Waals surface area contributed by atoms with Gasteiger partial charge in [0.25, 0.3) is 5.91 Å². The Labute approximate surface area is 142 Å². The number of hydrogen-bond donors (Lipinski definition) is 1. The standard InChI is InChI=1S/C18H25NO5/c1-13(2)10-24-15-6-4-14(5-7-15)16(20)19-9-8-18(11-19,12-23-3)17(21)22/h4-7,13H,8-12H2,1-3H3,(H,21,22). The molecule has 1 fully saturated rings. The Morgan fingerprint density at radius 3 is 2.50 bits per heavy atom. The summed E-state index contributed by atoms with van der Waals surface area (Å²) in [7, 11) is 1.48. The molecule has 132 valence electrons. The fourth-order valence-corrected chi connectivity index (χ4v) is 2.82. The smallest absolute Gasteiger partial charge is 0.313 e. The molecule has 0 aliphatic carbocycles. The van der Waals surface area contributed by atoms with Crippen LogP contribution in [-0.4, -0.2) is 55.3 Å². The molecule has 1 saturated heterocycles. The molecule has 1 aromatic carbocycles. The predicted octanol–water partition coefficient (Wildman–Crippen LogP) is 2.28. The summed E-state index contributed by atoms with van der Waals surface area (Å²) in [5, 5.41) is 9.47. The Morgan fingerprint density at radius 2 is 1.96 bits per heavy atom. The first-order chi connectivity index (χ1) is 11.4. The number of rotatable bonds is 7. The van der Waals surface area contributed by atoms with Gasteiger partial charge in [-0.2, -0.15) is 0 Å². The normalized spacial score (nSPS) is 20.4. The third-order valence-electron chi connectivity index (χ3n) is 4.20. The van der Waals surface area contributed by atoms with E-state index < -0.39 is 11.4 Å². The minimum Gasteiger partial charge on any atom is -0.493 e. The number of methoxy groups -OCH3 is 1. The third kappa shape index (κ3) is 4.06. The Morgan fingerprint density at radius 1 is 1.29 bits per heavy atom. The lowest BCUT2D eigenvalue weighted by Gasteiger charge is -2.23. The molecule has 6 nitrogen and oxygen atoms in total. The fraction of sp³-hybridized carbons (Fsp3) is 0.556. The average Bonchev–Trinajstić information content (AvgIpc) is 2.99. The van der Waals surface area contributed by atoms with Crippen LogP contribution in [0.2, 0.25) is 0 Å². The quantitative estimate of drug-likeness (QED) is 0.827. The summed E-state index contributed by atoms with van der Waals surface area (Å²) in [5.41, 5.74) is -0.476. The number of carboxylic acids is 1. The van der Waals surface area contributed by atoms with Crippen LogP contribution >= 0.6 is 0 Å².